The Morgan fingerprint density at radius 1 is 0.377 bits per heavy atom. The van der Waals surface area contributed by atoms with Gasteiger partial charge in [-0.25, -0.2) is 0 Å². The smallest absolute Gasteiger partial charge is 0.178 e. The third-order valence-electron chi connectivity index (χ3n) is 14.2. The Bertz CT molecular complexity index is 3560. The molecule has 0 N–H and O–H groups in total. The van der Waals surface area contributed by atoms with Gasteiger partial charge in [-0.2, -0.15) is 0 Å². The van der Waals surface area contributed by atoms with E-state index in [4.69, 9.17) is 14.5 Å². The molecule has 13 rings (SSSR count). The highest BCUT2D eigenvalue weighted by molar-refractivity contribution is 6.06. The Kier molecular flexibility index (Phi) is 9.87. The number of rotatable bonds is 8. The highest BCUT2D eigenvalue weighted by atomic mass is 16.6. The zero-order valence-corrected chi connectivity index (χ0v) is 37.8. The molecule has 0 aromatic heterocycles. The maximum atomic E-state index is 7.09. The van der Waals surface area contributed by atoms with Crippen molar-refractivity contribution in [3.63, 3.8) is 0 Å². The molecule has 10 aromatic carbocycles. The first-order valence-electron chi connectivity index (χ1n) is 23.8. The number of aliphatic imine (C=N–C) groups is 1. The first-order valence-corrected chi connectivity index (χ1v) is 23.8. The highest BCUT2D eigenvalue weighted by Crippen LogP contribution is 2.62. The SMILES string of the molecule is C1=C(c2ccc(-c3ccccc3)cc2)N=C(c2cccc(-c3ccc4c(c3)Oc3c(ccc5c3-c3ccccc3C5(c3ccccc3)c3ccccc3)O4)c2)CC1c1ccc(-c2ccccc2)cc1. The highest BCUT2D eigenvalue weighted by Gasteiger charge is 2.48. The molecule has 3 heteroatoms. The predicted molar refractivity (Wildman–Crippen MR) is 281 cm³/mol. The number of fused-ring (bicyclic) bond motifs is 6. The third-order valence-corrected chi connectivity index (χ3v) is 14.2. The zero-order chi connectivity index (χ0) is 45.7. The molecule has 3 aliphatic rings. The standard InChI is InChI=1S/C66H45NO2/c1-5-16-44(17-6-1)46-28-30-48(31-29-46)53-41-59(49-34-32-47(33-35-49)45-18-7-2-8-19-45)67-60(42-53)52-21-15-20-50(40-52)51-36-38-61-63(43-51)69-65-62(68-61)39-37-58-64(65)56-26-13-14-27-57(56)66(58,54-22-9-3-10-23-54)55-24-11-4-12-25-55/h1-41,43,53H,42H2. The molecular formula is C66H45NO2. The fraction of sp³-hybridized carbons (Fsp3) is 0.0455. The topological polar surface area (TPSA) is 30.8 Å². The Morgan fingerprint density at radius 2 is 0.899 bits per heavy atom. The molecule has 1 unspecified atom stereocenters. The van der Waals surface area contributed by atoms with Crippen LogP contribution in [-0.4, -0.2) is 5.71 Å². The second kappa shape index (κ2) is 16.8. The average molecular weight is 884 g/mol. The largest absolute Gasteiger partial charge is 0.449 e. The zero-order valence-electron chi connectivity index (χ0n) is 37.8. The average Bonchev–Trinajstić information content (AvgIpc) is 3.75. The van der Waals surface area contributed by atoms with Gasteiger partial charge in [-0.1, -0.05) is 231 Å². The number of hydrogen-bond donors (Lipinski definition) is 0. The van der Waals surface area contributed by atoms with Crippen molar-refractivity contribution in [2.75, 3.05) is 0 Å². The van der Waals surface area contributed by atoms with Crippen molar-refractivity contribution in [2.45, 2.75) is 17.8 Å². The maximum absolute atomic E-state index is 7.09. The molecule has 326 valence electrons. The van der Waals surface area contributed by atoms with Crippen LogP contribution in [0, 0.1) is 0 Å². The minimum atomic E-state index is -0.539. The van der Waals surface area contributed by atoms with Gasteiger partial charge in [0.05, 0.1) is 11.1 Å². The van der Waals surface area contributed by atoms with Crippen LogP contribution >= 0.6 is 0 Å². The number of allylic oxidation sites excluding steroid dienone is 1. The predicted octanol–water partition coefficient (Wildman–Crippen LogP) is 17.0. The molecule has 0 saturated carbocycles. The monoisotopic (exact) mass is 883 g/mol. The van der Waals surface area contributed by atoms with E-state index in [1.165, 1.54) is 50.1 Å². The summed E-state index contributed by atoms with van der Waals surface area (Å²) in [5.41, 5.74) is 18.9. The van der Waals surface area contributed by atoms with Crippen LogP contribution in [-0.2, 0) is 5.41 Å². The first kappa shape index (κ1) is 40.5. The molecular weight excluding hydrogens is 839 g/mol. The van der Waals surface area contributed by atoms with Crippen LogP contribution in [0.3, 0.4) is 0 Å². The van der Waals surface area contributed by atoms with Gasteiger partial charge in [0.2, 0.25) is 0 Å². The molecule has 3 nitrogen and oxygen atoms in total. The molecule has 0 fully saturated rings. The van der Waals surface area contributed by atoms with Crippen molar-refractivity contribution in [2.24, 2.45) is 4.99 Å². The van der Waals surface area contributed by atoms with Crippen molar-refractivity contribution in [3.05, 3.63) is 294 Å². The quantitative estimate of drug-likeness (QED) is 0.152. The van der Waals surface area contributed by atoms with Crippen molar-refractivity contribution in [1.29, 1.82) is 0 Å². The van der Waals surface area contributed by atoms with Crippen molar-refractivity contribution in [3.8, 4) is 67.5 Å². The van der Waals surface area contributed by atoms with E-state index in [1.807, 2.05) is 6.07 Å². The van der Waals surface area contributed by atoms with Gasteiger partial charge >= 0.3 is 0 Å². The summed E-state index contributed by atoms with van der Waals surface area (Å²) < 4.78 is 13.8. The Morgan fingerprint density at radius 3 is 1.58 bits per heavy atom. The Balaban J connectivity index is 0.861. The molecule has 2 aliphatic heterocycles. The van der Waals surface area contributed by atoms with E-state index in [2.05, 4.69) is 249 Å². The van der Waals surface area contributed by atoms with E-state index in [0.29, 0.717) is 17.2 Å². The van der Waals surface area contributed by atoms with E-state index in [-0.39, 0.29) is 5.92 Å². The molecule has 0 saturated heterocycles. The summed E-state index contributed by atoms with van der Waals surface area (Å²) in [7, 11) is 0. The van der Waals surface area contributed by atoms with Crippen molar-refractivity contribution >= 4 is 11.4 Å². The summed E-state index contributed by atoms with van der Waals surface area (Å²) in [6.45, 7) is 0. The lowest BCUT2D eigenvalue weighted by atomic mass is 9.68. The van der Waals surface area contributed by atoms with Gasteiger partial charge in [-0.3, -0.25) is 4.99 Å². The molecule has 2 heterocycles. The van der Waals surface area contributed by atoms with E-state index in [1.54, 1.807) is 0 Å². The summed E-state index contributed by atoms with van der Waals surface area (Å²) in [6.07, 6.45) is 3.12. The minimum Gasteiger partial charge on any atom is -0.449 e. The second-order valence-corrected chi connectivity index (χ2v) is 18.1. The van der Waals surface area contributed by atoms with Gasteiger partial charge in [0, 0.05) is 23.6 Å². The second-order valence-electron chi connectivity index (χ2n) is 18.1. The first-order chi connectivity index (χ1) is 34.2. The summed E-state index contributed by atoms with van der Waals surface area (Å²) in [5.74, 6) is 2.96. The maximum Gasteiger partial charge on any atom is 0.178 e. The van der Waals surface area contributed by atoms with E-state index < -0.39 is 5.41 Å². The van der Waals surface area contributed by atoms with Crippen LogP contribution in [0.2, 0.25) is 0 Å². The van der Waals surface area contributed by atoms with Crippen LogP contribution < -0.4 is 9.47 Å². The Labute approximate surface area is 403 Å². The van der Waals surface area contributed by atoms with E-state index in [9.17, 15) is 0 Å². The van der Waals surface area contributed by atoms with Crippen LogP contribution in [0.4, 0.5) is 0 Å². The van der Waals surface area contributed by atoms with Gasteiger partial charge < -0.3 is 9.47 Å². The van der Waals surface area contributed by atoms with Crippen molar-refractivity contribution in [1.82, 2.24) is 0 Å². The summed E-state index contributed by atoms with van der Waals surface area (Å²) in [6, 6.07) is 88.8. The number of benzene rings is 10. The minimum absolute atomic E-state index is 0.138. The normalized spacial score (nSPS) is 15.0. The van der Waals surface area contributed by atoms with E-state index in [0.717, 1.165) is 57.0 Å². The van der Waals surface area contributed by atoms with Crippen LogP contribution in [0.15, 0.2) is 260 Å². The fourth-order valence-corrected chi connectivity index (χ4v) is 10.9. The molecule has 1 aliphatic carbocycles. The molecule has 1 atom stereocenters. The summed E-state index contributed by atoms with van der Waals surface area (Å²) in [4.78, 5) is 5.44. The molecule has 0 bridgehead atoms. The lowest BCUT2D eigenvalue weighted by Gasteiger charge is -2.34. The van der Waals surface area contributed by atoms with E-state index >= 15 is 0 Å². The number of ether oxygens (including phenoxy) is 2. The summed E-state index contributed by atoms with van der Waals surface area (Å²) >= 11 is 0. The van der Waals surface area contributed by atoms with Gasteiger partial charge in [-0.05, 0) is 102 Å². The molecule has 0 amide bonds. The molecule has 10 aromatic rings. The van der Waals surface area contributed by atoms with Gasteiger partial charge in [0.15, 0.2) is 23.0 Å². The number of nitrogens with zero attached hydrogens (tertiary/aromatic N) is 1. The van der Waals surface area contributed by atoms with Gasteiger partial charge in [0.25, 0.3) is 0 Å². The van der Waals surface area contributed by atoms with Crippen LogP contribution in [0.5, 0.6) is 23.0 Å². The van der Waals surface area contributed by atoms with Crippen LogP contribution in [0.25, 0.3) is 50.2 Å². The Hall–Kier alpha value is -8.79. The van der Waals surface area contributed by atoms with Crippen LogP contribution in [0.1, 0.15) is 51.3 Å². The van der Waals surface area contributed by atoms with Gasteiger partial charge in [-0.15, -0.1) is 0 Å². The molecule has 0 radical (unpaired) electrons. The lowest BCUT2D eigenvalue weighted by Crippen LogP contribution is -2.28. The molecule has 0 spiro atoms. The summed E-state index contributed by atoms with van der Waals surface area (Å²) in [5, 5.41) is 0. The van der Waals surface area contributed by atoms with Gasteiger partial charge in [0.1, 0.15) is 0 Å². The third kappa shape index (κ3) is 7.01. The number of hydrogen-bond acceptors (Lipinski definition) is 3. The lowest BCUT2D eigenvalue weighted by molar-refractivity contribution is 0.360. The van der Waals surface area contributed by atoms with Crippen molar-refractivity contribution < 1.29 is 9.47 Å². The fourth-order valence-electron chi connectivity index (χ4n) is 10.9. The molecule has 69 heavy (non-hydrogen) atoms.